The Balaban J connectivity index is 1.65. The smallest absolute Gasteiger partial charge is 0.250 e. The highest BCUT2D eigenvalue weighted by molar-refractivity contribution is 5.81. The van der Waals surface area contributed by atoms with Gasteiger partial charge < -0.3 is 20.7 Å². The average Bonchev–Trinajstić information content (AvgIpc) is 2.16. The van der Waals surface area contributed by atoms with E-state index in [1.54, 1.807) is 0 Å². The molecule has 2 rings (SSSR count). The molecular formula is C9H17N3O2. The molecule has 0 spiro atoms. The zero-order valence-electron chi connectivity index (χ0n) is 8.21. The van der Waals surface area contributed by atoms with Crippen LogP contribution < -0.4 is 16.0 Å². The molecule has 5 heteroatoms. The van der Waals surface area contributed by atoms with Crippen molar-refractivity contribution >= 4 is 5.91 Å². The molecule has 2 fully saturated rings. The Hall–Kier alpha value is -0.650. The van der Waals surface area contributed by atoms with Crippen molar-refractivity contribution in [1.82, 2.24) is 16.0 Å². The Morgan fingerprint density at radius 3 is 2.79 bits per heavy atom. The first-order chi connectivity index (χ1) is 6.86. The van der Waals surface area contributed by atoms with Crippen molar-refractivity contribution in [2.45, 2.75) is 6.10 Å². The van der Waals surface area contributed by atoms with Gasteiger partial charge in [0.2, 0.25) is 5.91 Å². The largest absolute Gasteiger partial charge is 0.366 e. The number of carbonyl (C=O) groups excluding carboxylic acids is 1. The Labute approximate surface area is 83.6 Å². The lowest BCUT2D eigenvalue weighted by Crippen LogP contribution is -2.52. The number of hydrogen-bond acceptors (Lipinski definition) is 4. The van der Waals surface area contributed by atoms with Crippen molar-refractivity contribution < 1.29 is 9.53 Å². The maximum absolute atomic E-state index is 11.5. The monoisotopic (exact) mass is 199 g/mol. The van der Waals surface area contributed by atoms with Gasteiger partial charge in [-0.05, 0) is 0 Å². The van der Waals surface area contributed by atoms with Gasteiger partial charge in [0.1, 0.15) is 6.10 Å². The molecular weight excluding hydrogens is 182 g/mol. The third-order valence-electron chi connectivity index (χ3n) is 2.65. The van der Waals surface area contributed by atoms with E-state index in [-0.39, 0.29) is 12.0 Å². The first kappa shape index (κ1) is 9.89. The predicted molar refractivity (Wildman–Crippen MR) is 52.0 cm³/mol. The number of nitrogens with one attached hydrogen (secondary N) is 3. The molecule has 1 amide bonds. The van der Waals surface area contributed by atoms with Crippen LogP contribution in [0.25, 0.3) is 0 Å². The molecule has 5 nitrogen and oxygen atoms in total. The molecule has 0 aromatic heterocycles. The molecule has 2 saturated heterocycles. The summed E-state index contributed by atoms with van der Waals surface area (Å²) in [4.78, 5) is 11.5. The van der Waals surface area contributed by atoms with Crippen molar-refractivity contribution in [2.75, 3.05) is 39.3 Å². The minimum absolute atomic E-state index is 0.0177. The summed E-state index contributed by atoms with van der Waals surface area (Å²) < 4.78 is 5.33. The average molecular weight is 199 g/mol. The molecule has 2 aliphatic rings. The van der Waals surface area contributed by atoms with Crippen molar-refractivity contribution in [3.63, 3.8) is 0 Å². The lowest BCUT2D eigenvalue weighted by atomic mass is 10.0. The molecule has 0 saturated carbocycles. The maximum atomic E-state index is 11.5. The Morgan fingerprint density at radius 1 is 1.36 bits per heavy atom. The van der Waals surface area contributed by atoms with E-state index >= 15 is 0 Å². The minimum Gasteiger partial charge on any atom is -0.366 e. The number of carbonyl (C=O) groups is 1. The van der Waals surface area contributed by atoms with Crippen molar-refractivity contribution in [3.05, 3.63) is 0 Å². The molecule has 1 atom stereocenters. The normalized spacial score (nSPS) is 28.1. The van der Waals surface area contributed by atoms with Crippen molar-refractivity contribution in [3.8, 4) is 0 Å². The molecule has 14 heavy (non-hydrogen) atoms. The second-order valence-corrected chi connectivity index (χ2v) is 3.83. The van der Waals surface area contributed by atoms with Crippen LogP contribution in [0.3, 0.4) is 0 Å². The highest BCUT2D eigenvalue weighted by atomic mass is 16.5. The zero-order chi connectivity index (χ0) is 9.80. The zero-order valence-corrected chi connectivity index (χ0v) is 8.21. The number of rotatable bonds is 3. The van der Waals surface area contributed by atoms with Gasteiger partial charge in [-0.25, -0.2) is 0 Å². The fourth-order valence-electron chi connectivity index (χ4n) is 1.59. The van der Waals surface area contributed by atoms with E-state index in [0.29, 0.717) is 19.1 Å². The van der Waals surface area contributed by atoms with Gasteiger partial charge in [-0.2, -0.15) is 0 Å². The van der Waals surface area contributed by atoms with Crippen LogP contribution in [0, 0.1) is 5.92 Å². The molecule has 0 aliphatic carbocycles. The quantitative estimate of drug-likeness (QED) is 0.507. The summed E-state index contributed by atoms with van der Waals surface area (Å²) in [5.74, 6) is 0.625. The molecule has 0 aromatic carbocycles. The van der Waals surface area contributed by atoms with Crippen LogP contribution in [0.2, 0.25) is 0 Å². The fraction of sp³-hybridized carbons (Fsp3) is 0.889. The van der Waals surface area contributed by atoms with Crippen LogP contribution in [0.1, 0.15) is 0 Å². The van der Waals surface area contributed by atoms with Gasteiger partial charge in [-0.15, -0.1) is 0 Å². The molecule has 2 heterocycles. The van der Waals surface area contributed by atoms with Gasteiger partial charge >= 0.3 is 0 Å². The summed E-state index contributed by atoms with van der Waals surface area (Å²) in [6.45, 7) is 4.91. The third-order valence-corrected chi connectivity index (χ3v) is 2.65. The van der Waals surface area contributed by atoms with Crippen LogP contribution in [0.5, 0.6) is 0 Å². The Kier molecular flexibility index (Phi) is 3.34. The lowest BCUT2D eigenvalue weighted by Gasteiger charge is -2.28. The SMILES string of the molecule is O=C(NCC1CNC1)[C@@H]1CNCCO1. The first-order valence-corrected chi connectivity index (χ1v) is 5.17. The van der Waals surface area contributed by atoms with Gasteiger partial charge in [0.25, 0.3) is 0 Å². The summed E-state index contributed by atoms with van der Waals surface area (Å²) in [7, 11) is 0. The highest BCUT2D eigenvalue weighted by Crippen LogP contribution is 2.01. The van der Waals surface area contributed by atoms with Crippen molar-refractivity contribution in [2.24, 2.45) is 5.92 Å². The second-order valence-electron chi connectivity index (χ2n) is 3.83. The summed E-state index contributed by atoms with van der Waals surface area (Å²) in [6.07, 6.45) is -0.295. The van der Waals surface area contributed by atoms with Crippen LogP contribution in [0.4, 0.5) is 0 Å². The summed E-state index contributed by atoms with van der Waals surface area (Å²) >= 11 is 0. The van der Waals surface area contributed by atoms with Crippen LogP contribution in [-0.2, 0) is 9.53 Å². The van der Waals surface area contributed by atoms with E-state index in [0.717, 1.165) is 26.2 Å². The third kappa shape index (κ3) is 2.43. The maximum Gasteiger partial charge on any atom is 0.250 e. The minimum atomic E-state index is -0.295. The second kappa shape index (κ2) is 4.72. The topological polar surface area (TPSA) is 62.4 Å². The van der Waals surface area contributed by atoms with E-state index < -0.39 is 0 Å². The van der Waals surface area contributed by atoms with E-state index in [4.69, 9.17) is 4.74 Å². The van der Waals surface area contributed by atoms with E-state index in [1.807, 2.05) is 0 Å². The number of ether oxygens (including phenoxy) is 1. The highest BCUT2D eigenvalue weighted by Gasteiger charge is 2.23. The molecule has 80 valence electrons. The van der Waals surface area contributed by atoms with E-state index in [1.165, 1.54) is 0 Å². The van der Waals surface area contributed by atoms with Gasteiger partial charge in [0, 0.05) is 38.6 Å². The number of hydrogen-bond donors (Lipinski definition) is 3. The molecule has 0 bridgehead atoms. The van der Waals surface area contributed by atoms with Crippen LogP contribution in [-0.4, -0.2) is 51.3 Å². The van der Waals surface area contributed by atoms with E-state index in [2.05, 4.69) is 16.0 Å². The summed E-state index contributed by atoms with van der Waals surface area (Å²) in [5.41, 5.74) is 0. The fourth-order valence-corrected chi connectivity index (χ4v) is 1.59. The standard InChI is InChI=1S/C9H17N3O2/c13-9(8-6-10-1-2-14-8)12-5-7-3-11-4-7/h7-8,10-11H,1-6H2,(H,12,13)/t8-/m0/s1. The lowest BCUT2D eigenvalue weighted by molar-refractivity contribution is -0.134. The van der Waals surface area contributed by atoms with Gasteiger partial charge in [0.15, 0.2) is 0 Å². The number of amides is 1. The van der Waals surface area contributed by atoms with Crippen molar-refractivity contribution in [1.29, 1.82) is 0 Å². The summed E-state index contributed by atoms with van der Waals surface area (Å²) in [6, 6.07) is 0. The summed E-state index contributed by atoms with van der Waals surface area (Å²) in [5, 5.41) is 9.21. The van der Waals surface area contributed by atoms with Crippen LogP contribution in [0.15, 0.2) is 0 Å². The first-order valence-electron chi connectivity index (χ1n) is 5.17. The predicted octanol–water partition coefficient (Wildman–Crippen LogP) is -1.69. The van der Waals surface area contributed by atoms with Gasteiger partial charge in [0.05, 0.1) is 6.61 Å². The Bertz CT molecular complexity index is 200. The molecule has 2 aliphatic heterocycles. The number of morpholine rings is 1. The van der Waals surface area contributed by atoms with Crippen LogP contribution >= 0.6 is 0 Å². The van der Waals surface area contributed by atoms with Gasteiger partial charge in [-0.3, -0.25) is 4.79 Å². The molecule has 0 unspecified atom stereocenters. The van der Waals surface area contributed by atoms with Gasteiger partial charge in [-0.1, -0.05) is 0 Å². The molecule has 0 aromatic rings. The molecule has 3 N–H and O–H groups in total. The van der Waals surface area contributed by atoms with E-state index in [9.17, 15) is 4.79 Å². The Morgan fingerprint density at radius 2 is 2.21 bits per heavy atom. The molecule has 0 radical (unpaired) electrons.